The Hall–Kier alpha value is -3.40. The number of hydrogen-bond donors (Lipinski definition) is 0. The van der Waals surface area contributed by atoms with Crippen LogP contribution in [-0.4, -0.2) is 17.0 Å². The predicted molar refractivity (Wildman–Crippen MR) is 139 cm³/mol. The van der Waals surface area contributed by atoms with Gasteiger partial charge in [0.05, 0.1) is 11.1 Å². The monoisotopic (exact) mass is 465 g/mol. The van der Waals surface area contributed by atoms with Crippen LogP contribution in [0.4, 0.5) is 0 Å². The van der Waals surface area contributed by atoms with Gasteiger partial charge in [-0.1, -0.05) is 96.5 Å². The van der Waals surface area contributed by atoms with Crippen LogP contribution in [0.2, 0.25) is 5.02 Å². The predicted octanol–water partition coefficient (Wildman–Crippen LogP) is 8.18. The summed E-state index contributed by atoms with van der Waals surface area (Å²) >= 11 is 7.84. The van der Waals surface area contributed by atoms with Crippen LogP contribution < -0.4 is 0 Å². The minimum Gasteiger partial charge on any atom is -0.288 e. The van der Waals surface area contributed by atoms with Gasteiger partial charge in [-0.05, 0) is 41.1 Å². The van der Waals surface area contributed by atoms with E-state index in [0.717, 1.165) is 33.2 Å². The number of carbonyl (C=O) groups is 1. The van der Waals surface area contributed by atoms with Gasteiger partial charge in [-0.3, -0.25) is 4.79 Å². The smallest absolute Gasteiger partial charge is 0.196 e. The molecular weight excluding hydrogens is 446 g/mol. The highest BCUT2D eigenvalue weighted by Crippen LogP contribution is 2.38. The van der Waals surface area contributed by atoms with Gasteiger partial charge in [0.1, 0.15) is 5.03 Å². The summed E-state index contributed by atoms with van der Waals surface area (Å²) in [4.78, 5) is 18.7. The lowest BCUT2D eigenvalue weighted by atomic mass is 9.91. The summed E-state index contributed by atoms with van der Waals surface area (Å²) < 4.78 is 0. The van der Waals surface area contributed by atoms with E-state index in [2.05, 4.69) is 12.1 Å². The Bertz CT molecular complexity index is 1450. The van der Waals surface area contributed by atoms with Crippen molar-refractivity contribution in [1.82, 2.24) is 4.98 Å². The lowest BCUT2D eigenvalue weighted by Crippen LogP contribution is -2.08. The van der Waals surface area contributed by atoms with Gasteiger partial charge in [0.2, 0.25) is 0 Å². The van der Waals surface area contributed by atoms with E-state index in [-0.39, 0.29) is 5.78 Å². The zero-order chi connectivity index (χ0) is 22.8. The average molecular weight is 466 g/mol. The molecule has 0 fully saturated rings. The lowest BCUT2D eigenvalue weighted by molar-refractivity contribution is 0.103. The maximum Gasteiger partial charge on any atom is 0.196 e. The minimum absolute atomic E-state index is 0.0489. The summed E-state index contributed by atoms with van der Waals surface area (Å²) in [6.45, 7) is 0. The summed E-state index contributed by atoms with van der Waals surface area (Å²) in [6.07, 6.45) is 1.95. The fraction of sp³-hybridized carbons (Fsp3) is 0.0345. The van der Waals surface area contributed by atoms with Crippen molar-refractivity contribution in [2.75, 3.05) is 6.26 Å². The molecule has 33 heavy (non-hydrogen) atoms. The number of nitrogens with zero attached hydrogens (tertiary/aromatic N) is 1. The van der Waals surface area contributed by atoms with Crippen LogP contribution in [0.1, 0.15) is 15.9 Å². The molecule has 160 valence electrons. The van der Waals surface area contributed by atoms with Gasteiger partial charge in [0.25, 0.3) is 0 Å². The quantitative estimate of drug-likeness (QED) is 0.193. The molecule has 0 aliphatic carbocycles. The molecule has 0 radical (unpaired) electrons. The Kier molecular flexibility index (Phi) is 5.99. The Morgan fingerprint density at radius 2 is 1.36 bits per heavy atom. The van der Waals surface area contributed by atoms with Gasteiger partial charge in [0.15, 0.2) is 5.78 Å². The molecule has 5 rings (SSSR count). The van der Waals surface area contributed by atoms with Crippen LogP contribution in [0, 0.1) is 0 Å². The summed E-state index contributed by atoms with van der Waals surface area (Å²) in [7, 11) is 0. The molecule has 2 nitrogen and oxygen atoms in total. The summed E-state index contributed by atoms with van der Waals surface area (Å²) in [6, 6.07) is 33.5. The molecule has 0 saturated heterocycles. The molecule has 0 atom stereocenters. The van der Waals surface area contributed by atoms with E-state index >= 15 is 0 Å². The first-order chi connectivity index (χ1) is 16.2. The molecular formula is C29H20ClNOS. The van der Waals surface area contributed by atoms with Crippen LogP contribution in [0.5, 0.6) is 0 Å². The zero-order valence-corrected chi connectivity index (χ0v) is 19.5. The van der Waals surface area contributed by atoms with Crippen molar-refractivity contribution >= 4 is 40.0 Å². The first-order valence-corrected chi connectivity index (χ1v) is 12.2. The SMILES string of the molecule is CSc1nc2ccc(Cl)cc2c(-c2ccccc2)c1C(=O)c1ccc(-c2ccccc2)cc1. The lowest BCUT2D eigenvalue weighted by Gasteiger charge is -2.16. The number of thioether (sulfide) groups is 1. The maximum atomic E-state index is 13.9. The molecule has 0 amide bonds. The summed E-state index contributed by atoms with van der Waals surface area (Å²) in [5.41, 5.74) is 6.08. The molecule has 5 aromatic rings. The van der Waals surface area contributed by atoms with E-state index in [0.29, 0.717) is 21.2 Å². The third-order valence-corrected chi connectivity index (χ3v) is 6.57. The number of pyridine rings is 1. The van der Waals surface area contributed by atoms with Crippen molar-refractivity contribution in [3.8, 4) is 22.3 Å². The van der Waals surface area contributed by atoms with E-state index in [4.69, 9.17) is 16.6 Å². The third kappa shape index (κ3) is 4.18. The highest BCUT2D eigenvalue weighted by molar-refractivity contribution is 7.98. The Morgan fingerprint density at radius 3 is 2.00 bits per heavy atom. The number of rotatable bonds is 5. The number of halogens is 1. The topological polar surface area (TPSA) is 30.0 Å². The Labute approximate surface area is 202 Å². The van der Waals surface area contributed by atoms with Crippen molar-refractivity contribution in [2.45, 2.75) is 5.03 Å². The van der Waals surface area contributed by atoms with Crippen molar-refractivity contribution in [3.63, 3.8) is 0 Å². The second-order valence-corrected chi connectivity index (χ2v) is 8.90. The second-order valence-electron chi connectivity index (χ2n) is 7.67. The van der Waals surface area contributed by atoms with Crippen LogP contribution in [0.15, 0.2) is 108 Å². The van der Waals surface area contributed by atoms with Crippen LogP contribution in [0.25, 0.3) is 33.2 Å². The Morgan fingerprint density at radius 1 is 0.758 bits per heavy atom. The number of carbonyl (C=O) groups excluding carboxylic acids is 1. The average Bonchev–Trinajstić information content (AvgIpc) is 2.88. The van der Waals surface area contributed by atoms with Crippen LogP contribution in [0.3, 0.4) is 0 Å². The van der Waals surface area contributed by atoms with E-state index in [1.165, 1.54) is 11.8 Å². The molecule has 0 N–H and O–H groups in total. The maximum absolute atomic E-state index is 13.9. The number of fused-ring (bicyclic) bond motifs is 1. The normalized spacial score (nSPS) is 11.0. The van der Waals surface area contributed by atoms with Crippen LogP contribution >= 0.6 is 23.4 Å². The van der Waals surface area contributed by atoms with Gasteiger partial charge in [-0.15, -0.1) is 11.8 Å². The van der Waals surface area contributed by atoms with Crippen molar-refractivity contribution in [1.29, 1.82) is 0 Å². The standard InChI is InChI=1S/C29H20ClNOS/c1-33-29-27(28(32)22-14-12-20(13-15-22)19-8-4-2-5-9-19)26(21-10-6-3-7-11-21)24-18-23(30)16-17-25(24)31-29/h2-18H,1H3. The fourth-order valence-electron chi connectivity index (χ4n) is 4.06. The van der Waals surface area contributed by atoms with Gasteiger partial charge >= 0.3 is 0 Å². The molecule has 0 saturated carbocycles. The number of ketones is 1. The molecule has 0 spiro atoms. The summed E-state index contributed by atoms with van der Waals surface area (Å²) in [5, 5.41) is 2.19. The molecule has 4 heteroatoms. The molecule has 0 aliphatic heterocycles. The highest BCUT2D eigenvalue weighted by Gasteiger charge is 2.23. The largest absolute Gasteiger partial charge is 0.288 e. The zero-order valence-electron chi connectivity index (χ0n) is 18.0. The molecule has 1 heterocycles. The highest BCUT2D eigenvalue weighted by atomic mass is 35.5. The van der Waals surface area contributed by atoms with Gasteiger partial charge in [-0.25, -0.2) is 4.98 Å². The Balaban J connectivity index is 1.71. The molecule has 0 unspecified atom stereocenters. The minimum atomic E-state index is -0.0489. The fourth-order valence-corrected chi connectivity index (χ4v) is 4.83. The van der Waals surface area contributed by atoms with E-state index in [9.17, 15) is 4.79 Å². The van der Waals surface area contributed by atoms with Crippen molar-refractivity contribution in [2.24, 2.45) is 0 Å². The molecule has 1 aromatic heterocycles. The number of aromatic nitrogens is 1. The van der Waals surface area contributed by atoms with Gasteiger partial charge < -0.3 is 0 Å². The number of hydrogen-bond acceptors (Lipinski definition) is 3. The first-order valence-electron chi connectivity index (χ1n) is 10.6. The molecule has 0 aliphatic rings. The summed E-state index contributed by atoms with van der Waals surface area (Å²) in [5.74, 6) is -0.0489. The van der Waals surface area contributed by atoms with Crippen LogP contribution in [-0.2, 0) is 0 Å². The first kappa shape index (κ1) is 21.4. The van der Waals surface area contributed by atoms with Crippen molar-refractivity contribution < 1.29 is 4.79 Å². The number of benzene rings is 4. The van der Waals surface area contributed by atoms with Gasteiger partial charge in [-0.2, -0.15) is 0 Å². The van der Waals surface area contributed by atoms with E-state index in [1.54, 1.807) is 0 Å². The van der Waals surface area contributed by atoms with Crippen molar-refractivity contribution in [3.05, 3.63) is 119 Å². The van der Waals surface area contributed by atoms with E-state index in [1.807, 2.05) is 97.3 Å². The molecule has 4 aromatic carbocycles. The van der Waals surface area contributed by atoms with Gasteiger partial charge in [0, 0.05) is 21.5 Å². The second kappa shape index (κ2) is 9.22. The molecule has 0 bridgehead atoms. The van der Waals surface area contributed by atoms with E-state index < -0.39 is 0 Å². The third-order valence-electron chi connectivity index (χ3n) is 5.65.